The standard InChI is InChI=1S/C27H37N5O2/c1-16(2)28-12-22(19-7-5-17(3)6-8-19)27(34)32-20-9-10-21(32)14-31(13-20)26-24-18(4)11-23(33)25(24)29-15-30-26/h5-8,15-16,18,20-23,28,33H,9-14H2,1-4H3/t18-,20?,21?,22-,23-/m1/s1. The molecule has 2 fully saturated rings. The maximum atomic E-state index is 14.0. The molecule has 3 heterocycles. The zero-order valence-corrected chi connectivity index (χ0v) is 20.7. The molecule has 1 amide bonds. The molecule has 2 unspecified atom stereocenters. The quantitative estimate of drug-likeness (QED) is 0.684. The van der Waals surface area contributed by atoms with Crippen molar-refractivity contribution in [1.29, 1.82) is 0 Å². The van der Waals surface area contributed by atoms with E-state index in [0.29, 0.717) is 19.0 Å². The Morgan fingerprint density at radius 2 is 1.82 bits per heavy atom. The van der Waals surface area contributed by atoms with Gasteiger partial charge in [-0.25, -0.2) is 9.97 Å². The number of fused-ring (bicyclic) bond motifs is 3. The zero-order valence-electron chi connectivity index (χ0n) is 20.7. The SMILES string of the molecule is Cc1ccc([C@@H](CNC(C)C)C(=O)N2C3CCC2CN(c2ncnc4c2[C@H](C)C[C@H]4O)C3)cc1. The molecule has 5 rings (SSSR count). The van der Waals surface area contributed by atoms with E-state index in [0.717, 1.165) is 48.6 Å². The number of hydrogen-bond acceptors (Lipinski definition) is 6. The molecule has 2 saturated heterocycles. The molecule has 1 aliphatic carbocycles. The second-order valence-electron chi connectivity index (χ2n) is 10.7. The number of rotatable bonds is 6. The highest BCUT2D eigenvalue weighted by Crippen LogP contribution is 2.44. The number of carbonyl (C=O) groups excluding carboxylic acids is 1. The molecule has 1 aromatic heterocycles. The summed E-state index contributed by atoms with van der Waals surface area (Å²) < 4.78 is 0. The van der Waals surface area contributed by atoms with Crippen molar-refractivity contribution in [2.75, 3.05) is 24.5 Å². The van der Waals surface area contributed by atoms with E-state index in [1.54, 1.807) is 6.33 Å². The molecule has 182 valence electrons. The van der Waals surface area contributed by atoms with Crippen LogP contribution in [0.3, 0.4) is 0 Å². The summed E-state index contributed by atoms with van der Waals surface area (Å²) in [6.45, 7) is 10.7. The summed E-state index contributed by atoms with van der Waals surface area (Å²) in [5.74, 6) is 1.25. The minimum absolute atomic E-state index is 0.184. The first-order chi connectivity index (χ1) is 16.3. The van der Waals surface area contributed by atoms with Crippen LogP contribution in [0.2, 0.25) is 0 Å². The average Bonchev–Trinajstić information content (AvgIpc) is 3.25. The van der Waals surface area contributed by atoms with Crippen LogP contribution in [-0.4, -0.2) is 63.6 Å². The van der Waals surface area contributed by atoms with E-state index >= 15 is 0 Å². The Kier molecular flexibility index (Phi) is 6.34. The number of nitrogens with one attached hydrogen (secondary N) is 1. The fourth-order valence-corrected chi connectivity index (χ4v) is 6.07. The van der Waals surface area contributed by atoms with Crippen LogP contribution in [-0.2, 0) is 4.79 Å². The number of aromatic nitrogens is 2. The third-order valence-corrected chi connectivity index (χ3v) is 7.82. The molecular weight excluding hydrogens is 426 g/mol. The van der Waals surface area contributed by atoms with Crippen molar-refractivity contribution >= 4 is 11.7 Å². The highest BCUT2D eigenvalue weighted by atomic mass is 16.3. The topological polar surface area (TPSA) is 81.6 Å². The van der Waals surface area contributed by atoms with Gasteiger partial charge in [-0.05, 0) is 37.7 Å². The van der Waals surface area contributed by atoms with E-state index in [1.165, 1.54) is 5.56 Å². The van der Waals surface area contributed by atoms with Crippen LogP contribution in [0.15, 0.2) is 30.6 Å². The monoisotopic (exact) mass is 463 g/mol. The van der Waals surface area contributed by atoms with Gasteiger partial charge in [-0.3, -0.25) is 4.79 Å². The van der Waals surface area contributed by atoms with Crippen molar-refractivity contribution in [3.8, 4) is 0 Å². The van der Waals surface area contributed by atoms with Crippen molar-refractivity contribution in [3.63, 3.8) is 0 Å². The molecule has 7 nitrogen and oxygen atoms in total. The van der Waals surface area contributed by atoms with Crippen molar-refractivity contribution in [3.05, 3.63) is 53.0 Å². The number of carbonyl (C=O) groups is 1. The van der Waals surface area contributed by atoms with Gasteiger partial charge in [-0.1, -0.05) is 50.6 Å². The Morgan fingerprint density at radius 3 is 2.47 bits per heavy atom. The summed E-state index contributed by atoms with van der Waals surface area (Å²) in [4.78, 5) is 27.6. The molecule has 0 saturated carbocycles. The van der Waals surface area contributed by atoms with Gasteiger partial charge in [0.1, 0.15) is 12.1 Å². The maximum absolute atomic E-state index is 14.0. The lowest BCUT2D eigenvalue weighted by molar-refractivity contribution is -0.136. The van der Waals surface area contributed by atoms with Crippen molar-refractivity contribution in [2.45, 2.75) is 83.0 Å². The van der Waals surface area contributed by atoms with Crippen LogP contribution in [0.1, 0.15) is 80.4 Å². The van der Waals surface area contributed by atoms with Gasteiger partial charge in [-0.2, -0.15) is 0 Å². The average molecular weight is 464 g/mol. The molecule has 0 radical (unpaired) electrons. The van der Waals surface area contributed by atoms with E-state index in [4.69, 9.17) is 0 Å². The lowest BCUT2D eigenvalue weighted by Crippen LogP contribution is -2.58. The molecule has 5 atom stereocenters. The molecule has 2 bridgehead atoms. The lowest BCUT2D eigenvalue weighted by Gasteiger charge is -2.43. The molecule has 0 spiro atoms. The highest BCUT2D eigenvalue weighted by Gasteiger charge is 2.46. The fourth-order valence-electron chi connectivity index (χ4n) is 6.07. The summed E-state index contributed by atoms with van der Waals surface area (Å²) in [6.07, 6.45) is 3.83. The molecule has 34 heavy (non-hydrogen) atoms. The van der Waals surface area contributed by atoms with Crippen molar-refractivity contribution in [1.82, 2.24) is 20.2 Å². The van der Waals surface area contributed by atoms with E-state index in [1.807, 2.05) is 0 Å². The Morgan fingerprint density at radius 1 is 1.15 bits per heavy atom. The Hall–Kier alpha value is -2.51. The maximum Gasteiger partial charge on any atom is 0.232 e. The van der Waals surface area contributed by atoms with Gasteiger partial charge in [-0.15, -0.1) is 0 Å². The second kappa shape index (κ2) is 9.27. The minimum Gasteiger partial charge on any atom is -0.387 e. The number of nitrogens with zero attached hydrogens (tertiary/aromatic N) is 4. The Labute approximate surface area is 202 Å². The molecule has 3 aliphatic rings. The molecular formula is C27H37N5O2. The third kappa shape index (κ3) is 4.20. The summed E-state index contributed by atoms with van der Waals surface area (Å²) in [5.41, 5.74) is 4.16. The first-order valence-electron chi connectivity index (χ1n) is 12.7. The lowest BCUT2D eigenvalue weighted by atomic mass is 9.94. The van der Waals surface area contributed by atoms with Gasteiger partial charge in [0.25, 0.3) is 0 Å². The first kappa shape index (κ1) is 23.2. The minimum atomic E-state index is -0.505. The number of benzene rings is 1. The van der Waals surface area contributed by atoms with Crippen LogP contribution in [0, 0.1) is 6.92 Å². The highest BCUT2D eigenvalue weighted by molar-refractivity contribution is 5.85. The largest absolute Gasteiger partial charge is 0.387 e. The molecule has 1 aromatic carbocycles. The normalized spacial score (nSPS) is 26.8. The van der Waals surface area contributed by atoms with Gasteiger partial charge < -0.3 is 20.2 Å². The van der Waals surface area contributed by atoms with E-state index in [2.05, 4.69) is 77.0 Å². The third-order valence-electron chi connectivity index (χ3n) is 7.82. The number of aliphatic hydroxyl groups is 1. The number of piperazine rings is 1. The van der Waals surface area contributed by atoms with Gasteiger partial charge in [0.2, 0.25) is 5.91 Å². The van der Waals surface area contributed by atoms with Crippen molar-refractivity contribution < 1.29 is 9.90 Å². The summed E-state index contributed by atoms with van der Waals surface area (Å²) in [7, 11) is 0. The van der Waals surface area contributed by atoms with Crippen LogP contribution in [0.5, 0.6) is 0 Å². The fraction of sp³-hybridized carbons (Fsp3) is 0.593. The van der Waals surface area contributed by atoms with Gasteiger partial charge in [0, 0.05) is 43.3 Å². The van der Waals surface area contributed by atoms with E-state index < -0.39 is 6.10 Å². The van der Waals surface area contributed by atoms with Gasteiger partial charge in [0.05, 0.1) is 17.7 Å². The van der Waals surface area contributed by atoms with E-state index in [9.17, 15) is 9.90 Å². The van der Waals surface area contributed by atoms with Crippen LogP contribution in [0.4, 0.5) is 5.82 Å². The smallest absolute Gasteiger partial charge is 0.232 e. The molecule has 2 aliphatic heterocycles. The Balaban J connectivity index is 1.38. The zero-order chi connectivity index (χ0) is 24.0. The van der Waals surface area contributed by atoms with Crippen molar-refractivity contribution in [2.24, 2.45) is 0 Å². The number of aliphatic hydroxyl groups excluding tert-OH is 1. The number of hydrogen-bond donors (Lipinski definition) is 2. The van der Waals surface area contributed by atoms with Crippen LogP contribution >= 0.6 is 0 Å². The first-order valence-corrected chi connectivity index (χ1v) is 12.7. The Bertz CT molecular complexity index is 1030. The van der Waals surface area contributed by atoms with Gasteiger partial charge in [0.15, 0.2) is 0 Å². The molecule has 2 N–H and O–H groups in total. The summed E-state index contributed by atoms with van der Waals surface area (Å²) >= 11 is 0. The summed E-state index contributed by atoms with van der Waals surface area (Å²) in [6, 6.07) is 9.11. The van der Waals surface area contributed by atoms with E-state index in [-0.39, 0.29) is 29.8 Å². The van der Waals surface area contributed by atoms with Gasteiger partial charge >= 0.3 is 0 Å². The summed E-state index contributed by atoms with van der Waals surface area (Å²) in [5, 5.41) is 13.9. The number of amides is 1. The van der Waals surface area contributed by atoms with Crippen LogP contribution < -0.4 is 10.2 Å². The van der Waals surface area contributed by atoms with Crippen LogP contribution in [0.25, 0.3) is 0 Å². The molecule has 7 heteroatoms. The number of anilines is 1. The molecule has 2 aromatic rings. The number of aryl methyl sites for hydroxylation is 1. The second-order valence-corrected chi connectivity index (χ2v) is 10.7. The predicted molar refractivity (Wildman–Crippen MR) is 133 cm³/mol. The predicted octanol–water partition coefficient (Wildman–Crippen LogP) is 3.29.